The molecule has 1 aliphatic rings. The molecule has 0 N–H and O–H groups in total. The Morgan fingerprint density at radius 2 is 2.07 bits per heavy atom. The molecule has 0 unspecified atom stereocenters. The van der Waals surface area contributed by atoms with E-state index in [1.807, 2.05) is 25.1 Å². The van der Waals surface area contributed by atoms with Gasteiger partial charge in [-0.3, -0.25) is 24.6 Å². The van der Waals surface area contributed by atoms with Gasteiger partial charge in [-0.05, 0) is 30.7 Å². The van der Waals surface area contributed by atoms with E-state index in [0.717, 1.165) is 10.5 Å². The first-order valence-corrected chi connectivity index (χ1v) is 8.51. The first-order chi connectivity index (χ1) is 13.4. The van der Waals surface area contributed by atoms with Crippen molar-refractivity contribution in [3.8, 4) is 11.5 Å². The molecule has 2 aromatic carbocycles. The number of esters is 1. The standard InChI is InChI=1S/C19H18N2O7/c1-13-3-2-4-15(9-13)26-7-8-27-19(23)11-20-16-10-14(21(24)25)5-6-17(16)28-12-18(20)22/h2-6,9-10H,7-8,11-12H2,1H3. The molecule has 0 aliphatic carbocycles. The fraction of sp³-hybridized carbons (Fsp3) is 0.263. The van der Waals surface area contributed by atoms with Gasteiger partial charge in [0, 0.05) is 12.1 Å². The number of nitrogens with zero attached hydrogens (tertiary/aromatic N) is 2. The van der Waals surface area contributed by atoms with Gasteiger partial charge in [-0.25, -0.2) is 0 Å². The number of aryl methyl sites for hydroxylation is 1. The average molecular weight is 386 g/mol. The number of nitro groups is 1. The number of rotatable bonds is 7. The SMILES string of the molecule is Cc1cccc(OCCOC(=O)CN2C(=O)COc3ccc([N+](=O)[O-])cc32)c1. The quantitative estimate of drug-likeness (QED) is 0.311. The highest BCUT2D eigenvalue weighted by Crippen LogP contribution is 2.35. The Morgan fingerprint density at radius 3 is 2.82 bits per heavy atom. The minimum absolute atomic E-state index is 0.00704. The molecule has 0 spiro atoms. The summed E-state index contributed by atoms with van der Waals surface area (Å²) in [5.41, 5.74) is 1.01. The topological polar surface area (TPSA) is 108 Å². The molecule has 1 aliphatic heterocycles. The van der Waals surface area contributed by atoms with Gasteiger partial charge in [0.2, 0.25) is 0 Å². The summed E-state index contributed by atoms with van der Waals surface area (Å²) in [6.07, 6.45) is 0. The number of fused-ring (bicyclic) bond motifs is 1. The summed E-state index contributed by atoms with van der Waals surface area (Å²) < 4.78 is 15.9. The lowest BCUT2D eigenvalue weighted by molar-refractivity contribution is -0.384. The normalized spacial score (nSPS) is 12.8. The largest absolute Gasteiger partial charge is 0.490 e. The zero-order valence-corrected chi connectivity index (χ0v) is 15.1. The monoisotopic (exact) mass is 386 g/mol. The van der Waals surface area contributed by atoms with Gasteiger partial charge in [0.1, 0.15) is 31.3 Å². The van der Waals surface area contributed by atoms with Gasteiger partial charge in [0.15, 0.2) is 6.61 Å². The molecule has 3 rings (SSSR count). The summed E-state index contributed by atoms with van der Waals surface area (Å²) in [5, 5.41) is 11.0. The van der Waals surface area contributed by atoms with Crippen LogP contribution in [-0.4, -0.2) is 43.2 Å². The molecule has 0 fully saturated rings. The van der Waals surface area contributed by atoms with Crippen LogP contribution in [0.25, 0.3) is 0 Å². The van der Waals surface area contributed by atoms with Crippen LogP contribution in [0.1, 0.15) is 5.56 Å². The maximum absolute atomic E-state index is 12.1. The molecule has 1 heterocycles. The van der Waals surface area contributed by atoms with Gasteiger partial charge >= 0.3 is 5.97 Å². The van der Waals surface area contributed by atoms with E-state index in [-0.39, 0.29) is 37.7 Å². The molecule has 0 radical (unpaired) electrons. The lowest BCUT2D eigenvalue weighted by Gasteiger charge is -2.28. The van der Waals surface area contributed by atoms with E-state index in [1.54, 1.807) is 6.07 Å². The number of hydrogen-bond acceptors (Lipinski definition) is 7. The average Bonchev–Trinajstić information content (AvgIpc) is 2.67. The maximum atomic E-state index is 12.1. The predicted octanol–water partition coefficient (Wildman–Crippen LogP) is 2.25. The van der Waals surface area contributed by atoms with Crippen molar-refractivity contribution in [3.63, 3.8) is 0 Å². The predicted molar refractivity (Wildman–Crippen MR) is 98.6 cm³/mol. The van der Waals surface area contributed by atoms with Gasteiger partial charge in [0.25, 0.3) is 11.6 Å². The third-order valence-corrected chi connectivity index (χ3v) is 3.99. The van der Waals surface area contributed by atoms with Gasteiger partial charge in [-0.2, -0.15) is 0 Å². The first-order valence-electron chi connectivity index (χ1n) is 8.51. The van der Waals surface area contributed by atoms with E-state index >= 15 is 0 Å². The zero-order valence-electron chi connectivity index (χ0n) is 15.1. The second-order valence-corrected chi connectivity index (χ2v) is 6.06. The third kappa shape index (κ3) is 4.56. The number of carbonyl (C=O) groups is 2. The van der Waals surface area contributed by atoms with Crippen LogP contribution in [0.4, 0.5) is 11.4 Å². The maximum Gasteiger partial charge on any atom is 0.326 e. The van der Waals surface area contributed by atoms with Crippen LogP contribution in [0.5, 0.6) is 11.5 Å². The molecule has 0 bridgehead atoms. The van der Waals surface area contributed by atoms with Crippen molar-refractivity contribution in [2.45, 2.75) is 6.92 Å². The van der Waals surface area contributed by atoms with E-state index < -0.39 is 16.8 Å². The van der Waals surface area contributed by atoms with Crippen LogP contribution in [0.2, 0.25) is 0 Å². The number of non-ortho nitro benzene ring substituents is 1. The van der Waals surface area contributed by atoms with E-state index in [4.69, 9.17) is 14.2 Å². The summed E-state index contributed by atoms with van der Waals surface area (Å²) >= 11 is 0. The first kappa shape index (κ1) is 19.2. The number of carbonyl (C=O) groups excluding carboxylic acids is 2. The van der Waals surface area contributed by atoms with Crippen molar-refractivity contribution in [2.24, 2.45) is 0 Å². The molecule has 28 heavy (non-hydrogen) atoms. The number of ether oxygens (including phenoxy) is 3. The fourth-order valence-electron chi connectivity index (χ4n) is 2.67. The van der Waals surface area contributed by atoms with E-state index in [2.05, 4.69) is 0 Å². The number of nitro benzene ring substituents is 1. The number of amides is 1. The van der Waals surface area contributed by atoms with Gasteiger partial charge in [0.05, 0.1) is 10.6 Å². The minimum atomic E-state index is -0.652. The van der Waals surface area contributed by atoms with Crippen LogP contribution in [0.15, 0.2) is 42.5 Å². The van der Waals surface area contributed by atoms with Crippen molar-refractivity contribution in [1.29, 1.82) is 0 Å². The lowest BCUT2D eigenvalue weighted by atomic mass is 10.2. The molecular weight excluding hydrogens is 368 g/mol. The molecule has 0 atom stereocenters. The molecule has 9 nitrogen and oxygen atoms in total. The summed E-state index contributed by atoms with van der Waals surface area (Å²) in [6.45, 7) is 1.48. The van der Waals surface area contributed by atoms with Crippen molar-refractivity contribution in [2.75, 3.05) is 31.3 Å². The van der Waals surface area contributed by atoms with Crippen molar-refractivity contribution in [3.05, 3.63) is 58.1 Å². The molecule has 9 heteroatoms. The zero-order chi connectivity index (χ0) is 20.1. The summed E-state index contributed by atoms with van der Waals surface area (Å²) in [7, 11) is 0. The van der Waals surface area contributed by atoms with Crippen molar-refractivity contribution < 1.29 is 28.7 Å². The Labute approximate surface area is 160 Å². The molecule has 146 valence electrons. The van der Waals surface area contributed by atoms with Gasteiger partial charge < -0.3 is 14.2 Å². The Bertz CT molecular complexity index is 913. The number of anilines is 1. The van der Waals surface area contributed by atoms with Crippen molar-refractivity contribution >= 4 is 23.3 Å². The molecule has 0 saturated carbocycles. The van der Waals surface area contributed by atoms with Crippen LogP contribution < -0.4 is 14.4 Å². The van der Waals surface area contributed by atoms with Gasteiger partial charge in [-0.1, -0.05) is 12.1 Å². The van der Waals surface area contributed by atoms with Crippen molar-refractivity contribution in [1.82, 2.24) is 0 Å². The second-order valence-electron chi connectivity index (χ2n) is 6.06. The van der Waals surface area contributed by atoms with Crippen LogP contribution in [0, 0.1) is 17.0 Å². The molecular formula is C19H18N2O7. The molecule has 2 aromatic rings. The Balaban J connectivity index is 1.57. The third-order valence-electron chi connectivity index (χ3n) is 3.99. The summed E-state index contributed by atoms with van der Waals surface area (Å²) in [4.78, 5) is 35.7. The second kappa shape index (κ2) is 8.38. The summed E-state index contributed by atoms with van der Waals surface area (Å²) in [6, 6.07) is 11.3. The van der Waals surface area contributed by atoms with Crippen LogP contribution >= 0.6 is 0 Å². The highest BCUT2D eigenvalue weighted by molar-refractivity contribution is 6.01. The molecule has 1 amide bonds. The Kier molecular flexibility index (Phi) is 5.73. The minimum Gasteiger partial charge on any atom is -0.490 e. The summed E-state index contributed by atoms with van der Waals surface area (Å²) in [5.74, 6) is -0.178. The lowest BCUT2D eigenvalue weighted by Crippen LogP contribution is -2.42. The number of hydrogen-bond donors (Lipinski definition) is 0. The van der Waals surface area contributed by atoms with Crippen LogP contribution in [0.3, 0.4) is 0 Å². The Morgan fingerprint density at radius 1 is 1.25 bits per heavy atom. The highest BCUT2D eigenvalue weighted by Gasteiger charge is 2.29. The fourth-order valence-corrected chi connectivity index (χ4v) is 2.67. The molecule has 0 aromatic heterocycles. The van der Waals surface area contributed by atoms with Crippen LogP contribution in [-0.2, 0) is 14.3 Å². The van der Waals surface area contributed by atoms with E-state index in [1.165, 1.54) is 18.2 Å². The highest BCUT2D eigenvalue weighted by atomic mass is 16.6. The Hall–Kier alpha value is -3.62. The number of benzene rings is 2. The smallest absolute Gasteiger partial charge is 0.326 e. The molecule has 0 saturated heterocycles. The van der Waals surface area contributed by atoms with E-state index in [0.29, 0.717) is 11.5 Å². The van der Waals surface area contributed by atoms with Gasteiger partial charge in [-0.15, -0.1) is 0 Å². The van der Waals surface area contributed by atoms with E-state index in [9.17, 15) is 19.7 Å².